The summed E-state index contributed by atoms with van der Waals surface area (Å²) < 4.78 is 0. The maximum absolute atomic E-state index is 11.3. The third-order valence-corrected chi connectivity index (χ3v) is 1.98. The summed E-state index contributed by atoms with van der Waals surface area (Å²) in [5.41, 5.74) is 0. The van der Waals surface area contributed by atoms with E-state index in [9.17, 15) is 4.79 Å². The van der Waals surface area contributed by atoms with E-state index in [1.807, 2.05) is 6.07 Å². The van der Waals surface area contributed by atoms with Crippen molar-refractivity contribution in [3.8, 4) is 6.07 Å². The molecule has 0 bridgehead atoms. The summed E-state index contributed by atoms with van der Waals surface area (Å²) in [4.78, 5) is 13.0. The lowest BCUT2D eigenvalue weighted by atomic mass is 10.2. The molecule has 0 aliphatic rings. The lowest BCUT2D eigenvalue weighted by Crippen LogP contribution is -2.27. The minimum atomic E-state index is 0.156. The standard InChI is InChI=1S/C10H18N2O/c1-3-4-5-7-10(13)12(2)9-6-8-11/h3-7,9H2,1-2H3. The van der Waals surface area contributed by atoms with Gasteiger partial charge in [0.15, 0.2) is 0 Å². The molecule has 0 aliphatic heterocycles. The number of nitrogens with zero attached hydrogens (tertiary/aromatic N) is 2. The lowest BCUT2D eigenvalue weighted by Gasteiger charge is -2.14. The highest BCUT2D eigenvalue weighted by molar-refractivity contribution is 5.75. The summed E-state index contributed by atoms with van der Waals surface area (Å²) in [5.74, 6) is 0.156. The second-order valence-electron chi connectivity index (χ2n) is 3.18. The number of amides is 1. The fourth-order valence-electron chi connectivity index (χ4n) is 1.06. The van der Waals surface area contributed by atoms with Crippen LogP contribution in [0.3, 0.4) is 0 Å². The molecule has 74 valence electrons. The van der Waals surface area contributed by atoms with Crippen LogP contribution in [-0.4, -0.2) is 24.4 Å². The minimum Gasteiger partial charge on any atom is -0.345 e. The van der Waals surface area contributed by atoms with E-state index in [1.165, 1.54) is 0 Å². The van der Waals surface area contributed by atoms with E-state index in [0.717, 1.165) is 19.3 Å². The first-order valence-corrected chi connectivity index (χ1v) is 4.83. The van der Waals surface area contributed by atoms with Crippen molar-refractivity contribution in [2.24, 2.45) is 0 Å². The summed E-state index contributed by atoms with van der Waals surface area (Å²) in [6.45, 7) is 2.67. The van der Waals surface area contributed by atoms with Crippen LogP contribution >= 0.6 is 0 Å². The zero-order chi connectivity index (χ0) is 10.1. The van der Waals surface area contributed by atoms with E-state index >= 15 is 0 Å². The highest BCUT2D eigenvalue weighted by atomic mass is 16.2. The predicted octanol–water partition coefficient (Wildman–Crippen LogP) is 1.94. The van der Waals surface area contributed by atoms with E-state index in [2.05, 4.69) is 6.92 Å². The Labute approximate surface area is 80.3 Å². The molecule has 0 aliphatic carbocycles. The van der Waals surface area contributed by atoms with Gasteiger partial charge in [0.05, 0.1) is 12.5 Å². The van der Waals surface area contributed by atoms with Crippen LogP contribution in [0.25, 0.3) is 0 Å². The Balaban J connectivity index is 3.52. The molecule has 0 atom stereocenters. The van der Waals surface area contributed by atoms with Gasteiger partial charge in [0.1, 0.15) is 0 Å². The Morgan fingerprint density at radius 3 is 2.69 bits per heavy atom. The van der Waals surface area contributed by atoms with Crippen LogP contribution in [0.2, 0.25) is 0 Å². The van der Waals surface area contributed by atoms with Gasteiger partial charge in [-0.25, -0.2) is 0 Å². The van der Waals surface area contributed by atoms with Crippen LogP contribution < -0.4 is 0 Å². The molecule has 3 heteroatoms. The average Bonchev–Trinajstić information content (AvgIpc) is 2.14. The highest BCUT2D eigenvalue weighted by Gasteiger charge is 2.06. The Bertz CT molecular complexity index is 184. The molecule has 0 rings (SSSR count). The molecule has 0 saturated carbocycles. The molecular formula is C10H18N2O. The van der Waals surface area contributed by atoms with Crippen molar-refractivity contribution in [1.29, 1.82) is 5.26 Å². The first kappa shape index (κ1) is 12.0. The Kier molecular flexibility index (Phi) is 6.99. The maximum atomic E-state index is 11.3. The van der Waals surface area contributed by atoms with Crippen LogP contribution in [0, 0.1) is 11.3 Å². The van der Waals surface area contributed by atoms with Crippen LogP contribution in [-0.2, 0) is 4.79 Å². The molecule has 0 N–H and O–H groups in total. The van der Waals surface area contributed by atoms with Crippen LogP contribution in [0.1, 0.15) is 39.0 Å². The van der Waals surface area contributed by atoms with Gasteiger partial charge in [0.2, 0.25) is 5.91 Å². The molecule has 0 unspecified atom stereocenters. The van der Waals surface area contributed by atoms with Crippen molar-refractivity contribution >= 4 is 5.91 Å². The van der Waals surface area contributed by atoms with Gasteiger partial charge in [-0.15, -0.1) is 0 Å². The number of unbranched alkanes of at least 4 members (excludes halogenated alkanes) is 2. The molecule has 3 nitrogen and oxygen atoms in total. The van der Waals surface area contributed by atoms with Gasteiger partial charge in [-0.2, -0.15) is 5.26 Å². The number of hydrogen-bond acceptors (Lipinski definition) is 2. The van der Waals surface area contributed by atoms with Gasteiger partial charge >= 0.3 is 0 Å². The quantitative estimate of drug-likeness (QED) is 0.589. The van der Waals surface area contributed by atoms with E-state index in [4.69, 9.17) is 5.26 Å². The first-order chi connectivity index (χ1) is 6.22. The first-order valence-electron chi connectivity index (χ1n) is 4.83. The van der Waals surface area contributed by atoms with Gasteiger partial charge in [-0.3, -0.25) is 4.79 Å². The van der Waals surface area contributed by atoms with Gasteiger partial charge in [-0.1, -0.05) is 19.8 Å². The van der Waals surface area contributed by atoms with Crippen LogP contribution in [0.15, 0.2) is 0 Å². The normalized spacial score (nSPS) is 9.31. The van der Waals surface area contributed by atoms with E-state index in [1.54, 1.807) is 11.9 Å². The molecule has 0 radical (unpaired) electrons. The fraction of sp³-hybridized carbons (Fsp3) is 0.800. The Morgan fingerprint density at radius 1 is 1.46 bits per heavy atom. The molecule has 1 amide bonds. The third-order valence-electron chi connectivity index (χ3n) is 1.98. The predicted molar refractivity (Wildman–Crippen MR) is 52.0 cm³/mol. The molecule has 0 saturated heterocycles. The van der Waals surface area contributed by atoms with E-state index in [0.29, 0.717) is 19.4 Å². The molecule has 0 aromatic carbocycles. The number of carbonyl (C=O) groups is 1. The molecule has 0 aromatic heterocycles. The fourth-order valence-corrected chi connectivity index (χ4v) is 1.06. The Morgan fingerprint density at radius 2 is 2.15 bits per heavy atom. The van der Waals surface area contributed by atoms with E-state index in [-0.39, 0.29) is 5.91 Å². The van der Waals surface area contributed by atoms with Crippen molar-refractivity contribution in [1.82, 2.24) is 4.90 Å². The van der Waals surface area contributed by atoms with Crippen molar-refractivity contribution in [2.45, 2.75) is 39.0 Å². The SMILES string of the molecule is CCCCCC(=O)N(C)CCC#N. The van der Waals surface area contributed by atoms with Crippen LogP contribution in [0.4, 0.5) is 0 Å². The third kappa shape index (κ3) is 6.15. The second-order valence-corrected chi connectivity index (χ2v) is 3.18. The van der Waals surface area contributed by atoms with Crippen molar-refractivity contribution < 1.29 is 4.79 Å². The van der Waals surface area contributed by atoms with Gasteiger partial charge < -0.3 is 4.90 Å². The largest absolute Gasteiger partial charge is 0.345 e. The number of rotatable bonds is 6. The zero-order valence-corrected chi connectivity index (χ0v) is 8.55. The maximum Gasteiger partial charge on any atom is 0.222 e. The molecule has 0 fully saturated rings. The molecule has 0 aromatic rings. The van der Waals surface area contributed by atoms with Crippen molar-refractivity contribution in [3.63, 3.8) is 0 Å². The monoisotopic (exact) mass is 182 g/mol. The average molecular weight is 182 g/mol. The second kappa shape index (κ2) is 7.60. The molecule has 13 heavy (non-hydrogen) atoms. The summed E-state index contributed by atoms with van der Waals surface area (Å²) in [6.07, 6.45) is 4.25. The zero-order valence-electron chi connectivity index (χ0n) is 8.55. The molecule has 0 heterocycles. The van der Waals surface area contributed by atoms with Gasteiger partial charge in [-0.05, 0) is 6.42 Å². The summed E-state index contributed by atoms with van der Waals surface area (Å²) >= 11 is 0. The van der Waals surface area contributed by atoms with E-state index < -0.39 is 0 Å². The smallest absolute Gasteiger partial charge is 0.222 e. The van der Waals surface area contributed by atoms with Gasteiger partial charge in [0, 0.05) is 20.0 Å². The van der Waals surface area contributed by atoms with Crippen LogP contribution in [0.5, 0.6) is 0 Å². The lowest BCUT2D eigenvalue weighted by molar-refractivity contribution is -0.129. The number of hydrogen-bond donors (Lipinski definition) is 0. The number of nitriles is 1. The number of carbonyl (C=O) groups excluding carboxylic acids is 1. The van der Waals surface area contributed by atoms with Crippen molar-refractivity contribution in [3.05, 3.63) is 0 Å². The summed E-state index contributed by atoms with van der Waals surface area (Å²) in [5, 5.41) is 8.32. The van der Waals surface area contributed by atoms with Crippen molar-refractivity contribution in [2.75, 3.05) is 13.6 Å². The topological polar surface area (TPSA) is 44.1 Å². The minimum absolute atomic E-state index is 0.156. The molecule has 0 spiro atoms. The summed E-state index contributed by atoms with van der Waals surface area (Å²) in [6, 6.07) is 2.03. The highest BCUT2D eigenvalue weighted by Crippen LogP contribution is 2.01. The summed E-state index contributed by atoms with van der Waals surface area (Å²) in [7, 11) is 1.76. The molecular weight excluding hydrogens is 164 g/mol. The Hall–Kier alpha value is -1.04. The van der Waals surface area contributed by atoms with Gasteiger partial charge in [0.25, 0.3) is 0 Å².